The van der Waals surface area contributed by atoms with Crippen molar-refractivity contribution in [3.8, 4) is 11.5 Å². The first-order valence-corrected chi connectivity index (χ1v) is 6.23. The lowest BCUT2D eigenvalue weighted by Crippen LogP contribution is -2.10. The molecule has 2 aromatic heterocycles. The summed E-state index contributed by atoms with van der Waals surface area (Å²) in [6.07, 6.45) is 2.52. The molecule has 0 saturated heterocycles. The van der Waals surface area contributed by atoms with E-state index in [0.717, 1.165) is 22.9 Å². The predicted molar refractivity (Wildman–Crippen MR) is 72.3 cm³/mol. The van der Waals surface area contributed by atoms with Gasteiger partial charge in [-0.3, -0.25) is 4.98 Å². The number of benzene rings is 1. The Bertz CT molecular complexity index is 702. The Hall–Kier alpha value is -2.27. The summed E-state index contributed by atoms with van der Waals surface area (Å²) in [7, 11) is 0. The molecule has 1 aromatic carbocycles. The average molecular weight is 254 g/mol. The molecule has 1 atom stereocenters. The average Bonchev–Trinajstić information content (AvgIpc) is 2.95. The summed E-state index contributed by atoms with van der Waals surface area (Å²) < 4.78 is 5.30. The van der Waals surface area contributed by atoms with Crippen LogP contribution in [0, 0.1) is 0 Å². The van der Waals surface area contributed by atoms with Crippen LogP contribution < -0.4 is 5.73 Å². The van der Waals surface area contributed by atoms with E-state index in [1.165, 1.54) is 0 Å². The van der Waals surface area contributed by atoms with Gasteiger partial charge < -0.3 is 10.3 Å². The Morgan fingerprint density at radius 3 is 2.95 bits per heavy atom. The van der Waals surface area contributed by atoms with Crippen molar-refractivity contribution in [3.63, 3.8) is 0 Å². The molecule has 0 spiro atoms. The minimum absolute atomic E-state index is 0.194. The molecule has 0 aliphatic carbocycles. The quantitative estimate of drug-likeness (QED) is 0.777. The fraction of sp³-hybridized carbons (Fsp3) is 0.214. The number of para-hydroxylation sites is 1. The molecule has 5 heteroatoms. The highest BCUT2D eigenvalue weighted by atomic mass is 16.5. The molecule has 0 bridgehead atoms. The van der Waals surface area contributed by atoms with Crippen LogP contribution in [0.4, 0.5) is 0 Å². The van der Waals surface area contributed by atoms with Crippen LogP contribution in [0.15, 0.2) is 41.1 Å². The first-order valence-electron chi connectivity index (χ1n) is 6.23. The minimum atomic E-state index is -0.194. The molecule has 96 valence electrons. The molecular formula is C14H14N4O. The highest BCUT2D eigenvalue weighted by molar-refractivity contribution is 5.91. The maximum absolute atomic E-state index is 5.90. The number of aromatic nitrogens is 3. The van der Waals surface area contributed by atoms with E-state index in [1.807, 2.05) is 37.3 Å². The van der Waals surface area contributed by atoms with Gasteiger partial charge in [-0.05, 0) is 18.6 Å². The van der Waals surface area contributed by atoms with Crippen LogP contribution in [0.2, 0.25) is 0 Å². The molecule has 0 amide bonds. The second kappa shape index (κ2) is 4.78. The Labute approximate surface area is 110 Å². The molecule has 3 aromatic rings. The molecule has 1 unspecified atom stereocenters. The number of nitrogens with zero attached hydrogens (tertiary/aromatic N) is 3. The second-order valence-electron chi connectivity index (χ2n) is 4.35. The van der Waals surface area contributed by atoms with E-state index in [9.17, 15) is 0 Å². The van der Waals surface area contributed by atoms with Gasteiger partial charge in [0.1, 0.15) is 0 Å². The fourth-order valence-corrected chi connectivity index (χ4v) is 1.95. The zero-order valence-corrected chi connectivity index (χ0v) is 10.6. The standard InChI is InChI=1S/C14H14N4O/c1-2-11(15)13-17-14(19-18-13)10-7-3-5-9-6-4-8-16-12(9)10/h3-8,11H,2,15H2,1H3. The highest BCUT2D eigenvalue weighted by Gasteiger charge is 2.15. The molecule has 0 aliphatic rings. The number of hydrogen-bond donors (Lipinski definition) is 1. The summed E-state index contributed by atoms with van der Waals surface area (Å²) in [5.41, 5.74) is 7.58. The van der Waals surface area contributed by atoms with Crippen molar-refractivity contribution in [2.75, 3.05) is 0 Å². The topological polar surface area (TPSA) is 77.8 Å². The zero-order valence-electron chi connectivity index (χ0n) is 10.6. The van der Waals surface area contributed by atoms with Gasteiger partial charge in [0.15, 0.2) is 5.82 Å². The third-order valence-corrected chi connectivity index (χ3v) is 3.08. The third kappa shape index (κ3) is 2.08. The van der Waals surface area contributed by atoms with Gasteiger partial charge in [-0.2, -0.15) is 4.98 Å². The van der Waals surface area contributed by atoms with E-state index in [2.05, 4.69) is 15.1 Å². The van der Waals surface area contributed by atoms with Crippen molar-refractivity contribution in [1.29, 1.82) is 0 Å². The highest BCUT2D eigenvalue weighted by Crippen LogP contribution is 2.26. The number of hydrogen-bond acceptors (Lipinski definition) is 5. The first kappa shape index (κ1) is 11.8. The van der Waals surface area contributed by atoms with Gasteiger partial charge in [0.25, 0.3) is 5.89 Å². The molecule has 0 aliphatic heterocycles. The number of nitrogens with two attached hydrogens (primary N) is 1. The Kier molecular flexibility index (Phi) is 2.97. The van der Waals surface area contributed by atoms with Gasteiger partial charge in [-0.25, -0.2) is 0 Å². The molecule has 0 radical (unpaired) electrons. The maximum Gasteiger partial charge on any atom is 0.260 e. The Morgan fingerprint density at radius 2 is 2.11 bits per heavy atom. The summed E-state index contributed by atoms with van der Waals surface area (Å²) in [5, 5.41) is 4.97. The van der Waals surface area contributed by atoms with Gasteiger partial charge in [0.05, 0.1) is 17.1 Å². The molecule has 19 heavy (non-hydrogen) atoms. The summed E-state index contributed by atoms with van der Waals surface area (Å²) in [6.45, 7) is 1.99. The second-order valence-corrected chi connectivity index (χ2v) is 4.35. The van der Waals surface area contributed by atoms with E-state index in [-0.39, 0.29) is 6.04 Å². The molecule has 2 heterocycles. The van der Waals surface area contributed by atoms with E-state index in [4.69, 9.17) is 10.3 Å². The van der Waals surface area contributed by atoms with Crippen molar-refractivity contribution in [2.24, 2.45) is 5.73 Å². The molecule has 2 N–H and O–H groups in total. The minimum Gasteiger partial charge on any atom is -0.334 e. The third-order valence-electron chi connectivity index (χ3n) is 3.08. The van der Waals surface area contributed by atoms with Crippen LogP contribution in [0.25, 0.3) is 22.4 Å². The number of pyridine rings is 1. The molecular weight excluding hydrogens is 240 g/mol. The van der Waals surface area contributed by atoms with Crippen molar-refractivity contribution < 1.29 is 4.52 Å². The van der Waals surface area contributed by atoms with Crippen LogP contribution in [0.3, 0.4) is 0 Å². The SMILES string of the molecule is CCC(N)c1noc(-c2cccc3cccnc23)n1. The van der Waals surface area contributed by atoms with E-state index in [1.54, 1.807) is 6.20 Å². The number of fused-ring (bicyclic) bond motifs is 1. The molecule has 3 rings (SSSR count). The van der Waals surface area contributed by atoms with Crippen LogP contribution in [0.1, 0.15) is 25.2 Å². The molecule has 5 nitrogen and oxygen atoms in total. The Balaban J connectivity index is 2.12. The lowest BCUT2D eigenvalue weighted by atomic mass is 10.1. The number of rotatable bonds is 3. The lowest BCUT2D eigenvalue weighted by Gasteiger charge is -2.01. The van der Waals surface area contributed by atoms with Gasteiger partial charge in [0, 0.05) is 11.6 Å². The normalized spacial score (nSPS) is 12.7. The maximum atomic E-state index is 5.90. The predicted octanol–water partition coefficient (Wildman–Crippen LogP) is 2.69. The smallest absolute Gasteiger partial charge is 0.260 e. The fourth-order valence-electron chi connectivity index (χ4n) is 1.95. The van der Waals surface area contributed by atoms with Gasteiger partial charge in [0.2, 0.25) is 0 Å². The van der Waals surface area contributed by atoms with Crippen molar-refractivity contribution >= 4 is 10.9 Å². The van der Waals surface area contributed by atoms with Gasteiger partial charge in [-0.15, -0.1) is 0 Å². The van der Waals surface area contributed by atoms with Crippen LogP contribution >= 0.6 is 0 Å². The summed E-state index contributed by atoms with van der Waals surface area (Å²) >= 11 is 0. The van der Waals surface area contributed by atoms with E-state index < -0.39 is 0 Å². The summed E-state index contributed by atoms with van der Waals surface area (Å²) in [5.74, 6) is 0.994. The van der Waals surface area contributed by atoms with E-state index in [0.29, 0.717) is 11.7 Å². The van der Waals surface area contributed by atoms with Crippen molar-refractivity contribution in [1.82, 2.24) is 15.1 Å². The Morgan fingerprint density at radius 1 is 1.26 bits per heavy atom. The van der Waals surface area contributed by atoms with Crippen molar-refractivity contribution in [3.05, 3.63) is 42.4 Å². The van der Waals surface area contributed by atoms with Crippen LogP contribution in [0.5, 0.6) is 0 Å². The van der Waals surface area contributed by atoms with Gasteiger partial charge >= 0.3 is 0 Å². The largest absolute Gasteiger partial charge is 0.334 e. The summed E-state index contributed by atoms with van der Waals surface area (Å²) in [4.78, 5) is 8.73. The van der Waals surface area contributed by atoms with Gasteiger partial charge in [-0.1, -0.05) is 30.3 Å². The molecule has 0 saturated carbocycles. The zero-order chi connectivity index (χ0) is 13.2. The summed E-state index contributed by atoms with van der Waals surface area (Å²) in [6, 6.07) is 9.58. The molecule has 0 fully saturated rings. The van der Waals surface area contributed by atoms with E-state index >= 15 is 0 Å². The first-order chi connectivity index (χ1) is 9.29. The van der Waals surface area contributed by atoms with Crippen molar-refractivity contribution in [2.45, 2.75) is 19.4 Å². The van der Waals surface area contributed by atoms with Crippen LogP contribution in [-0.2, 0) is 0 Å². The lowest BCUT2D eigenvalue weighted by molar-refractivity contribution is 0.415. The van der Waals surface area contributed by atoms with Crippen LogP contribution in [-0.4, -0.2) is 15.1 Å². The monoisotopic (exact) mass is 254 g/mol.